The van der Waals surface area contributed by atoms with Crippen LogP contribution in [0.5, 0.6) is 0 Å². The molecule has 1 aliphatic rings. The maximum Gasteiger partial charge on any atom is 0.347 e. The van der Waals surface area contributed by atoms with Gasteiger partial charge in [0.1, 0.15) is 10.7 Å². The van der Waals surface area contributed by atoms with Crippen LogP contribution >= 0.6 is 11.5 Å². The van der Waals surface area contributed by atoms with E-state index in [0.29, 0.717) is 4.88 Å². The van der Waals surface area contributed by atoms with Gasteiger partial charge in [0, 0.05) is 19.2 Å². The minimum Gasteiger partial charge on any atom is -0.477 e. The number of nitrogens with zero attached hydrogens (tertiary/aromatic N) is 2. The molecule has 1 N–H and O–H groups in total. The summed E-state index contributed by atoms with van der Waals surface area (Å²) in [4.78, 5) is 13.2. The second kappa shape index (κ2) is 4.61. The summed E-state index contributed by atoms with van der Waals surface area (Å²) in [7, 11) is 0. The van der Waals surface area contributed by atoms with E-state index in [-0.39, 0.29) is 0 Å². The van der Waals surface area contributed by atoms with Crippen LogP contribution in [0.1, 0.15) is 35.4 Å². The minimum absolute atomic E-state index is 0.328. The molecule has 15 heavy (non-hydrogen) atoms. The molecule has 5 heteroatoms. The van der Waals surface area contributed by atoms with Gasteiger partial charge in [-0.25, -0.2) is 4.79 Å². The molecule has 0 spiro atoms. The first kappa shape index (κ1) is 10.4. The lowest BCUT2D eigenvalue weighted by atomic mass is 10.2. The Morgan fingerprint density at radius 1 is 1.33 bits per heavy atom. The number of rotatable bonds is 2. The molecule has 1 aromatic rings. The van der Waals surface area contributed by atoms with Crippen LogP contribution in [0.25, 0.3) is 0 Å². The number of aromatic carboxylic acids is 1. The summed E-state index contributed by atoms with van der Waals surface area (Å²) in [5.74, 6) is -0.0483. The molecule has 0 amide bonds. The molecule has 1 aliphatic heterocycles. The molecular weight excluding hydrogens is 212 g/mol. The standard InChI is InChI=1S/C10H14N2O2S/c13-10(14)8-7-9(11-15-8)12-5-3-1-2-4-6-12/h7H,1-6H2,(H,13,14). The van der Waals surface area contributed by atoms with Crippen molar-refractivity contribution < 1.29 is 9.90 Å². The first-order valence-corrected chi connectivity index (χ1v) is 5.99. The number of hydrogen-bond donors (Lipinski definition) is 1. The van der Waals surface area contributed by atoms with Gasteiger partial charge in [-0.2, -0.15) is 4.37 Å². The Hall–Kier alpha value is -1.10. The minimum atomic E-state index is -0.881. The quantitative estimate of drug-likeness (QED) is 0.840. The van der Waals surface area contributed by atoms with Crippen LogP contribution < -0.4 is 4.90 Å². The lowest BCUT2D eigenvalue weighted by Gasteiger charge is -2.18. The zero-order chi connectivity index (χ0) is 10.7. The van der Waals surface area contributed by atoms with Crippen molar-refractivity contribution in [1.29, 1.82) is 0 Å². The summed E-state index contributed by atoms with van der Waals surface area (Å²) in [5, 5.41) is 8.80. The number of carbonyl (C=O) groups is 1. The van der Waals surface area contributed by atoms with Crippen LogP contribution in [0, 0.1) is 0 Å². The predicted molar refractivity (Wildman–Crippen MR) is 59.8 cm³/mol. The summed E-state index contributed by atoms with van der Waals surface area (Å²) in [6, 6.07) is 1.68. The van der Waals surface area contributed by atoms with Gasteiger partial charge in [-0.3, -0.25) is 0 Å². The monoisotopic (exact) mass is 226 g/mol. The smallest absolute Gasteiger partial charge is 0.347 e. The van der Waals surface area contributed by atoms with Gasteiger partial charge in [-0.15, -0.1) is 0 Å². The average Bonchev–Trinajstić information content (AvgIpc) is 2.55. The van der Waals surface area contributed by atoms with Gasteiger partial charge in [0.25, 0.3) is 0 Å². The van der Waals surface area contributed by atoms with Crippen LogP contribution in [0.2, 0.25) is 0 Å². The van der Waals surface area contributed by atoms with Crippen molar-refractivity contribution in [3.63, 3.8) is 0 Å². The van der Waals surface area contributed by atoms with Gasteiger partial charge in [0.05, 0.1) is 0 Å². The van der Waals surface area contributed by atoms with E-state index in [1.807, 2.05) is 0 Å². The zero-order valence-corrected chi connectivity index (χ0v) is 9.29. The third kappa shape index (κ3) is 2.47. The highest BCUT2D eigenvalue weighted by Crippen LogP contribution is 2.21. The fraction of sp³-hybridized carbons (Fsp3) is 0.600. The predicted octanol–water partition coefficient (Wildman–Crippen LogP) is 2.22. The van der Waals surface area contributed by atoms with E-state index >= 15 is 0 Å². The van der Waals surface area contributed by atoms with E-state index in [1.54, 1.807) is 6.07 Å². The van der Waals surface area contributed by atoms with E-state index in [9.17, 15) is 4.79 Å². The first-order chi connectivity index (χ1) is 7.27. The SMILES string of the molecule is O=C(O)c1cc(N2CCCCCC2)ns1. The topological polar surface area (TPSA) is 53.4 Å². The van der Waals surface area contributed by atoms with E-state index in [1.165, 1.54) is 25.7 Å². The third-order valence-corrected chi connectivity index (χ3v) is 3.41. The van der Waals surface area contributed by atoms with Crippen molar-refractivity contribution in [2.75, 3.05) is 18.0 Å². The third-order valence-electron chi connectivity index (χ3n) is 2.64. The Kier molecular flexibility index (Phi) is 3.20. The van der Waals surface area contributed by atoms with Crippen molar-refractivity contribution in [3.05, 3.63) is 10.9 Å². The lowest BCUT2D eigenvalue weighted by Crippen LogP contribution is -2.23. The Balaban J connectivity index is 2.10. The molecule has 0 aromatic carbocycles. The highest BCUT2D eigenvalue weighted by Gasteiger charge is 2.15. The largest absolute Gasteiger partial charge is 0.477 e. The molecule has 2 heterocycles. The zero-order valence-electron chi connectivity index (χ0n) is 8.48. The highest BCUT2D eigenvalue weighted by atomic mass is 32.1. The van der Waals surface area contributed by atoms with Crippen LogP contribution in [0.3, 0.4) is 0 Å². The van der Waals surface area contributed by atoms with Gasteiger partial charge in [0.15, 0.2) is 0 Å². The molecular formula is C10H14N2O2S. The molecule has 1 aromatic heterocycles. The molecule has 0 bridgehead atoms. The fourth-order valence-corrected chi connectivity index (χ4v) is 2.41. The Bertz CT molecular complexity index is 343. The molecule has 0 aliphatic carbocycles. The average molecular weight is 226 g/mol. The first-order valence-electron chi connectivity index (χ1n) is 5.22. The molecule has 0 unspecified atom stereocenters. The van der Waals surface area contributed by atoms with Crippen LogP contribution in [0.15, 0.2) is 6.07 Å². The van der Waals surface area contributed by atoms with Crippen molar-refractivity contribution in [3.8, 4) is 0 Å². The molecule has 82 valence electrons. The van der Waals surface area contributed by atoms with Crippen LogP contribution in [-0.2, 0) is 0 Å². The number of carboxylic acids is 1. The molecule has 1 fully saturated rings. The second-order valence-corrected chi connectivity index (χ2v) is 4.56. The summed E-state index contributed by atoms with van der Waals surface area (Å²) < 4.78 is 4.19. The normalized spacial score (nSPS) is 17.5. The lowest BCUT2D eigenvalue weighted by molar-refractivity contribution is 0.0702. The Morgan fingerprint density at radius 2 is 2.00 bits per heavy atom. The van der Waals surface area contributed by atoms with E-state index in [4.69, 9.17) is 5.11 Å². The number of hydrogen-bond acceptors (Lipinski definition) is 4. The molecule has 4 nitrogen and oxygen atoms in total. The Morgan fingerprint density at radius 3 is 2.53 bits per heavy atom. The van der Waals surface area contributed by atoms with Gasteiger partial charge in [0.2, 0.25) is 0 Å². The van der Waals surface area contributed by atoms with Crippen molar-refractivity contribution in [2.45, 2.75) is 25.7 Å². The van der Waals surface area contributed by atoms with Crippen molar-refractivity contribution in [2.24, 2.45) is 0 Å². The van der Waals surface area contributed by atoms with E-state index in [0.717, 1.165) is 30.4 Å². The highest BCUT2D eigenvalue weighted by molar-refractivity contribution is 7.08. The molecule has 0 saturated carbocycles. The molecule has 1 saturated heterocycles. The maximum absolute atomic E-state index is 10.7. The van der Waals surface area contributed by atoms with Gasteiger partial charge in [-0.05, 0) is 24.4 Å². The number of carboxylic acid groups (broad SMARTS) is 1. The fourth-order valence-electron chi connectivity index (χ4n) is 1.82. The maximum atomic E-state index is 10.7. The van der Waals surface area contributed by atoms with Crippen molar-refractivity contribution in [1.82, 2.24) is 4.37 Å². The van der Waals surface area contributed by atoms with E-state index < -0.39 is 5.97 Å². The van der Waals surface area contributed by atoms with E-state index in [2.05, 4.69) is 9.27 Å². The van der Waals surface area contributed by atoms with Crippen LogP contribution in [0.4, 0.5) is 5.82 Å². The summed E-state index contributed by atoms with van der Waals surface area (Å²) in [5.41, 5.74) is 0. The van der Waals surface area contributed by atoms with Gasteiger partial charge in [-0.1, -0.05) is 12.8 Å². The summed E-state index contributed by atoms with van der Waals surface area (Å²) >= 11 is 1.07. The van der Waals surface area contributed by atoms with Crippen LogP contribution in [-0.4, -0.2) is 28.5 Å². The Labute approximate surface area is 92.7 Å². The number of aromatic nitrogens is 1. The second-order valence-electron chi connectivity index (χ2n) is 3.76. The number of anilines is 1. The molecule has 0 radical (unpaired) electrons. The molecule has 0 atom stereocenters. The summed E-state index contributed by atoms with van der Waals surface area (Å²) in [6.07, 6.45) is 4.90. The van der Waals surface area contributed by atoms with Gasteiger partial charge < -0.3 is 10.0 Å². The summed E-state index contributed by atoms with van der Waals surface area (Å²) in [6.45, 7) is 2.01. The van der Waals surface area contributed by atoms with Gasteiger partial charge >= 0.3 is 5.97 Å². The molecule has 2 rings (SSSR count). The van der Waals surface area contributed by atoms with Crippen molar-refractivity contribution >= 4 is 23.3 Å².